The zero-order chi connectivity index (χ0) is 20.4. The molecule has 0 saturated carbocycles. The van der Waals surface area contributed by atoms with Crippen LogP contribution in [0, 0.1) is 0 Å². The Morgan fingerprint density at radius 1 is 1.00 bits per heavy atom. The maximum atomic E-state index is 6.20. The molecular formula is C21H29ClIN3O3. The molecule has 0 heterocycles. The van der Waals surface area contributed by atoms with Gasteiger partial charge in [0.05, 0.1) is 21.3 Å². The van der Waals surface area contributed by atoms with Gasteiger partial charge in [0, 0.05) is 25.2 Å². The SMILES string of the molecule is CN=C(NCCCc1ccccc1Cl)NCc1cc(OC)c(OC)c(OC)c1.I. The molecule has 2 N–H and O–H groups in total. The zero-order valence-electron chi connectivity index (χ0n) is 17.3. The third kappa shape index (κ3) is 7.47. The molecule has 29 heavy (non-hydrogen) atoms. The molecule has 0 aliphatic rings. The largest absolute Gasteiger partial charge is 0.493 e. The van der Waals surface area contributed by atoms with Gasteiger partial charge in [-0.1, -0.05) is 29.8 Å². The first-order chi connectivity index (χ1) is 13.6. The van der Waals surface area contributed by atoms with Crippen molar-refractivity contribution in [2.24, 2.45) is 4.99 Å². The second-order valence-corrected chi connectivity index (χ2v) is 6.49. The number of nitrogens with one attached hydrogen (secondary N) is 2. The molecule has 2 rings (SSSR count). The standard InChI is InChI=1S/C21H28ClN3O3.HI/c1-23-21(24-11-7-9-16-8-5-6-10-17(16)22)25-14-15-12-18(26-2)20(28-4)19(13-15)27-3;/h5-6,8,10,12-13H,7,9,11,14H2,1-4H3,(H2,23,24,25);1H. The van der Waals surface area contributed by atoms with E-state index >= 15 is 0 Å². The van der Waals surface area contributed by atoms with Gasteiger partial charge in [0.25, 0.3) is 0 Å². The topological polar surface area (TPSA) is 64.1 Å². The maximum Gasteiger partial charge on any atom is 0.203 e. The van der Waals surface area contributed by atoms with Crippen LogP contribution in [-0.4, -0.2) is 40.9 Å². The van der Waals surface area contributed by atoms with E-state index < -0.39 is 0 Å². The molecule has 2 aromatic carbocycles. The van der Waals surface area contributed by atoms with Crippen LogP contribution in [0.3, 0.4) is 0 Å². The number of rotatable bonds is 9. The van der Waals surface area contributed by atoms with E-state index in [1.54, 1.807) is 28.4 Å². The van der Waals surface area contributed by atoms with Crippen molar-refractivity contribution in [3.63, 3.8) is 0 Å². The average Bonchev–Trinajstić information content (AvgIpc) is 2.73. The third-order valence-corrected chi connectivity index (χ3v) is 4.65. The van der Waals surface area contributed by atoms with E-state index in [9.17, 15) is 0 Å². The minimum absolute atomic E-state index is 0. The van der Waals surface area contributed by atoms with Crippen molar-refractivity contribution in [2.45, 2.75) is 19.4 Å². The van der Waals surface area contributed by atoms with Crippen molar-refractivity contribution in [1.82, 2.24) is 10.6 Å². The van der Waals surface area contributed by atoms with Crippen molar-refractivity contribution in [2.75, 3.05) is 34.9 Å². The molecule has 0 aliphatic heterocycles. The number of methoxy groups -OCH3 is 3. The first-order valence-corrected chi connectivity index (χ1v) is 9.47. The predicted molar refractivity (Wildman–Crippen MR) is 129 cm³/mol. The van der Waals surface area contributed by atoms with E-state index in [4.69, 9.17) is 25.8 Å². The lowest BCUT2D eigenvalue weighted by molar-refractivity contribution is 0.323. The Hall–Kier alpha value is -1.87. The molecule has 0 bridgehead atoms. The molecule has 0 atom stereocenters. The van der Waals surface area contributed by atoms with E-state index in [1.165, 1.54) is 0 Å². The Labute approximate surface area is 195 Å². The highest BCUT2D eigenvalue weighted by Gasteiger charge is 2.13. The molecule has 0 unspecified atom stereocenters. The summed E-state index contributed by atoms with van der Waals surface area (Å²) >= 11 is 6.20. The van der Waals surface area contributed by atoms with Crippen LogP contribution >= 0.6 is 35.6 Å². The van der Waals surface area contributed by atoms with Crippen LogP contribution in [0.4, 0.5) is 0 Å². The molecule has 8 heteroatoms. The second kappa shape index (κ2) is 13.4. The highest BCUT2D eigenvalue weighted by Crippen LogP contribution is 2.38. The fourth-order valence-electron chi connectivity index (χ4n) is 2.83. The third-order valence-electron chi connectivity index (χ3n) is 4.28. The van der Waals surface area contributed by atoms with E-state index in [1.807, 2.05) is 30.3 Å². The Morgan fingerprint density at radius 3 is 2.21 bits per heavy atom. The van der Waals surface area contributed by atoms with Gasteiger partial charge in [-0.25, -0.2) is 0 Å². The molecule has 0 amide bonds. The molecule has 0 spiro atoms. The van der Waals surface area contributed by atoms with Gasteiger partial charge in [0.2, 0.25) is 5.75 Å². The van der Waals surface area contributed by atoms with Crippen LogP contribution in [0.1, 0.15) is 17.5 Å². The van der Waals surface area contributed by atoms with Gasteiger partial charge < -0.3 is 24.8 Å². The number of nitrogens with zero attached hydrogens (tertiary/aromatic N) is 1. The summed E-state index contributed by atoms with van der Waals surface area (Å²) in [7, 11) is 6.55. The van der Waals surface area contributed by atoms with Crippen molar-refractivity contribution < 1.29 is 14.2 Å². The van der Waals surface area contributed by atoms with Crippen LogP contribution in [0.5, 0.6) is 17.2 Å². The molecule has 160 valence electrons. The monoisotopic (exact) mass is 533 g/mol. The minimum Gasteiger partial charge on any atom is -0.493 e. The summed E-state index contributed by atoms with van der Waals surface area (Å²) < 4.78 is 16.1. The summed E-state index contributed by atoms with van der Waals surface area (Å²) in [5.74, 6) is 2.56. The van der Waals surface area contributed by atoms with Crippen molar-refractivity contribution >= 4 is 41.5 Å². The summed E-state index contributed by atoms with van der Waals surface area (Å²) in [6.07, 6.45) is 1.87. The lowest BCUT2D eigenvalue weighted by atomic mass is 10.1. The summed E-state index contributed by atoms with van der Waals surface area (Å²) in [6.45, 7) is 1.36. The minimum atomic E-state index is 0. The number of aliphatic imine (C=N–C) groups is 1. The quantitative estimate of drug-likeness (QED) is 0.218. The van der Waals surface area contributed by atoms with Crippen LogP contribution in [0.2, 0.25) is 5.02 Å². The maximum absolute atomic E-state index is 6.20. The van der Waals surface area contributed by atoms with E-state index in [0.29, 0.717) is 23.8 Å². The molecule has 0 aliphatic carbocycles. The van der Waals surface area contributed by atoms with E-state index in [-0.39, 0.29) is 24.0 Å². The first-order valence-electron chi connectivity index (χ1n) is 9.09. The van der Waals surface area contributed by atoms with Crippen molar-refractivity contribution in [1.29, 1.82) is 0 Å². The zero-order valence-corrected chi connectivity index (χ0v) is 20.3. The lowest BCUT2D eigenvalue weighted by Crippen LogP contribution is -2.37. The number of ether oxygens (including phenoxy) is 3. The van der Waals surface area contributed by atoms with E-state index in [0.717, 1.165) is 41.5 Å². The fraction of sp³-hybridized carbons (Fsp3) is 0.381. The summed E-state index contributed by atoms with van der Waals surface area (Å²) in [4.78, 5) is 4.27. The highest BCUT2D eigenvalue weighted by atomic mass is 127. The molecule has 0 radical (unpaired) electrons. The Morgan fingerprint density at radius 2 is 1.66 bits per heavy atom. The Bertz CT molecular complexity index is 777. The molecule has 0 aromatic heterocycles. The van der Waals surface area contributed by atoms with E-state index in [2.05, 4.69) is 21.7 Å². The number of aryl methyl sites for hydroxylation is 1. The smallest absolute Gasteiger partial charge is 0.203 e. The number of hydrogen-bond acceptors (Lipinski definition) is 4. The number of hydrogen-bond donors (Lipinski definition) is 2. The molecule has 0 fully saturated rings. The number of halogens is 2. The van der Waals surface area contributed by atoms with Gasteiger partial charge in [0.1, 0.15) is 0 Å². The Balaban J connectivity index is 0.00000420. The number of guanidine groups is 1. The van der Waals surface area contributed by atoms with Crippen LogP contribution in [0.25, 0.3) is 0 Å². The molecule has 2 aromatic rings. The summed E-state index contributed by atoms with van der Waals surface area (Å²) in [6, 6.07) is 11.8. The Kier molecular flexibility index (Phi) is 11.6. The van der Waals surface area contributed by atoms with Gasteiger partial charge in [-0.15, -0.1) is 24.0 Å². The summed E-state index contributed by atoms with van der Waals surface area (Å²) in [5.41, 5.74) is 2.15. The van der Waals surface area contributed by atoms with Crippen LogP contribution in [0.15, 0.2) is 41.4 Å². The van der Waals surface area contributed by atoms with Crippen molar-refractivity contribution in [3.05, 3.63) is 52.5 Å². The normalized spacial score (nSPS) is 10.7. The van der Waals surface area contributed by atoms with Gasteiger partial charge in [0.15, 0.2) is 17.5 Å². The van der Waals surface area contributed by atoms with Gasteiger partial charge >= 0.3 is 0 Å². The van der Waals surface area contributed by atoms with Crippen LogP contribution < -0.4 is 24.8 Å². The lowest BCUT2D eigenvalue weighted by Gasteiger charge is -2.16. The molecule has 6 nitrogen and oxygen atoms in total. The average molecular weight is 534 g/mol. The summed E-state index contributed by atoms with van der Waals surface area (Å²) in [5, 5.41) is 7.43. The van der Waals surface area contributed by atoms with Crippen molar-refractivity contribution in [3.8, 4) is 17.2 Å². The highest BCUT2D eigenvalue weighted by molar-refractivity contribution is 14.0. The second-order valence-electron chi connectivity index (χ2n) is 6.08. The molecule has 0 saturated heterocycles. The predicted octanol–water partition coefficient (Wildman–Crippen LogP) is 4.28. The fourth-order valence-corrected chi connectivity index (χ4v) is 3.06. The van der Waals surface area contributed by atoms with Gasteiger partial charge in [-0.3, -0.25) is 4.99 Å². The van der Waals surface area contributed by atoms with Gasteiger partial charge in [-0.2, -0.15) is 0 Å². The molecular weight excluding hydrogens is 505 g/mol. The number of benzene rings is 2. The first kappa shape index (κ1) is 25.2. The van der Waals surface area contributed by atoms with Crippen LogP contribution in [-0.2, 0) is 13.0 Å². The van der Waals surface area contributed by atoms with Gasteiger partial charge in [-0.05, 0) is 42.2 Å².